The first-order valence-electron chi connectivity index (χ1n) is 3.93. The zero-order valence-electron chi connectivity index (χ0n) is 6.59. The molecule has 1 aromatic rings. The standard InChI is InChI=1S/C7H10BrN3O/c8-6-5-10-7(12-6)11-3-1-9-2-4-11/h5,9H,1-4H2. The Labute approximate surface area is 79.1 Å². The van der Waals surface area contributed by atoms with Gasteiger partial charge in [0.25, 0.3) is 6.01 Å². The molecule has 0 radical (unpaired) electrons. The van der Waals surface area contributed by atoms with Gasteiger partial charge in [0, 0.05) is 26.2 Å². The highest BCUT2D eigenvalue weighted by atomic mass is 79.9. The molecular formula is C7H10BrN3O. The van der Waals surface area contributed by atoms with Crippen molar-refractivity contribution in [3.05, 3.63) is 10.9 Å². The van der Waals surface area contributed by atoms with Gasteiger partial charge in [-0.1, -0.05) is 0 Å². The van der Waals surface area contributed by atoms with Crippen molar-refractivity contribution in [2.75, 3.05) is 31.1 Å². The SMILES string of the molecule is Brc1cnc(N2CCNCC2)o1. The van der Waals surface area contributed by atoms with Crippen LogP contribution in [0, 0.1) is 0 Å². The van der Waals surface area contributed by atoms with Crippen LogP contribution in [0.15, 0.2) is 15.3 Å². The molecule has 1 saturated heterocycles. The summed E-state index contributed by atoms with van der Waals surface area (Å²) in [5.74, 6) is 0. The molecule has 0 aliphatic carbocycles. The first-order chi connectivity index (χ1) is 5.86. The molecule has 0 saturated carbocycles. The van der Waals surface area contributed by atoms with Gasteiger partial charge in [0.1, 0.15) is 0 Å². The van der Waals surface area contributed by atoms with E-state index in [1.54, 1.807) is 6.20 Å². The molecule has 1 aliphatic rings. The summed E-state index contributed by atoms with van der Waals surface area (Å²) in [6.07, 6.45) is 1.68. The van der Waals surface area contributed by atoms with Crippen LogP contribution < -0.4 is 10.2 Å². The third kappa shape index (κ3) is 1.61. The number of hydrogen-bond acceptors (Lipinski definition) is 4. The zero-order valence-corrected chi connectivity index (χ0v) is 8.17. The highest BCUT2D eigenvalue weighted by molar-refractivity contribution is 9.10. The van der Waals surface area contributed by atoms with Crippen molar-refractivity contribution >= 4 is 21.9 Å². The number of anilines is 1. The fourth-order valence-electron chi connectivity index (χ4n) is 1.25. The van der Waals surface area contributed by atoms with Gasteiger partial charge in [-0.05, 0) is 15.9 Å². The Kier molecular flexibility index (Phi) is 2.32. The number of piperazine rings is 1. The normalized spacial score (nSPS) is 18.2. The minimum Gasteiger partial charge on any atom is -0.416 e. The van der Waals surface area contributed by atoms with E-state index in [2.05, 4.69) is 31.1 Å². The van der Waals surface area contributed by atoms with E-state index >= 15 is 0 Å². The summed E-state index contributed by atoms with van der Waals surface area (Å²) in [6.45, 7) is 3.93. The Morgan fingerprint density at radius 3 is 2.83 bits per heavy atom. The molecule has 1 fully saturated rings. The van der Waals surface area contributed by atoms with Gasteiger partial charge in [-0.2, -0.15) is 0 Å². The molecule has 12 heavy (non-hydrogen) atoms. The average molecular weight is 232 g/mol. The van der Waals surface area contributed by atoms with Crippen LogP contribution in [-0.4, -0.2) is 31.2 Å². The molecule has 4 nitrogen and oxygen atoms in total. The molecule has 1 N–H and O–H groups in total. The van der Waals surface area contributed by atoms with Gasteiger partial charge in [0.15, 0.2) is 4.67 Å². The maximum absolute atomic E-state index is 5.33. The van der Waals surface area contributed by atoms with Crippen LogP contribution in [0.3, 0.4) is 0 Å². The number of hydrogen-bond donors (Lipinski definition) is 1. The van der Waals surface area contributed by atoms with Crippen molar-refractivity contribution in [1.29, 1.82) is 0 Å². The second-order valence-electron chi connectivity index (χ2n) is 2.68. The molecular weight excluding hydrogens is 222 g/mol. The van der Waals surface area contributed by atoms with Gasteiger partial charge in [-0.15, -0.1) is 0 Å². The minimum atomic E-state index is 0.691. The van der Waals surface area contributed by atoms with Crippen LogP contribution in [0.5, 0.6) is 0 Å². The van der Waals surface area contributed by atoms with Crippen molar-refractivity contribution < 1.29 is 4.42 Å². The quantitative estimate of drug-likeness (QED) is 0.779. The summed E-state index contributed by atoms with van der Waals surface area (Å²) in [4.78, 5) is 6.25. The van der Waals surface area contributed by atoms with Gasteiger partial charge in [-0.25, -0.2) is 4.98 Å². The Balaban J connectivity index is 2.08. The van der Waals surface area contributed by atoms with E-state index in [9.17, 15) is 0 Å². The zero-order chi connectivity index (χ0) is 8.39. The van der Waals surface area contributed by atoms with E-state index in [1.165, 1.54) is 0 Å². The van der Waals surface area contributed by atoms with Crippen LogP contribution >= 0.6 is 15.9 Å². The largest absolute Gasteiger partial charge is 0.416 e. The molecule has 1 aliphatic heterocycles. The topological polar surface area (TPSA) is 41.3 Å². The fourth-order valence-corrected chi connectivity index (χ4v) is 1.50. The van der Waals surface area contributed by atoms with Crippen LogP contribution in [-0.2, 0) is 0 Å². The van der Waals surface area contributed by atoms with Gasteiger partial charge >= 0.3 is 0 Å². The van der Waals surface area contributed by atoms with E-state index in [-0.39, 0.29) is 0 Å². The summed E-state index contributed by atoms with van der Waals surface area (Å²) >= 11 is 3.23. The summed E-state index contributed by atoms with van der Waals surface area (Å²) < 4.78 is 6.02. The Hall–Kier alpha value is -0.550. The van der Waals surface area contributed by atoms with Gasteiger partial charge in [-0.3, -0.25) is 0 Å². The molecule has 0 bridgehead atoms. The Morgan fingerprint density at radius 2 is 2.25 bits per heavy atom. The predicted octanol–water partition coefficient (Wildman–Crippen LogP) is 0.847. The molecule has 0 spiro atoms. The molecule has 1 aromatic heterocycles. The lowest BCUT2D eigenvalue weighted by molar-refractivity contribution is 0.486. The average Bonchev–Trinajstić information content (AvgIpc) is 2.54. The first-order valence-corrected chi connectivity index (χ1v) is 4.72. The smallest absolute Gasteiger partial charge is 0.298 e. The van der Waals surface area contributed by atoms with Crippen molar-refractivity contribution in [2.24, 2.45) is 0 Å². The van der Waals surface area contributed by atoms with Crippen molar-refractivity contribution in [1.82, 2.24) is 10.3 Å². The Morgan fingerprint density at radius 1 is 1.50 bits per heavy atom. The number of halogens is 1. The van der Waals surface area contributed by atoms with Crippen molar-refractivity contribution in [3.63, 3.8) is 0 Å². The molecule has 0 unspecified atom stereocenters. The summed E-state index contributed by atoms with van der Waals surface area (Å²) in [6, 6.07) is 0.711. The Bertz CT molecular complexity index is 257. The lowest BCUT2D eigenvalue weighted by Crippen LogP contribution is -2.43. The van der Waals surface area contributed by atoms with E-state index < -0.39 is 0 Å². The number of oxazole rings is 1. The molecule has 2 rings (SSSR count). The van der Waals surface area contributed by atoms with E-state index in [4.69, 9.17) is 4.42 Å². The summed E-state index contributed by atoms with van der Waals surface area (Å²) in [5, 5.41) is 3.27. The molecule has 0 atom stereocenters. The predicted molar refractivity (Wildman–Crippen MR) is 49.3 cm³/mol. The monoisotopic (exact) mass is 231 g/mol. The maximum atomic E-state index is 5.33. The van der Waals surface area contributed by atoms with Crippen LogP contribution in [0.1, 0.15) is 0 Å². The van der Waals surface area contributed by atoms with Gasteiger partial charge in [0.2, 0.25) is 0 Å². The molecule has 5 heteroatoms. The van der Waals surface area contributed by atoms with E-state index in [0.717, 1.165) is 26.2 Å². The number of rotatable bonds is 1. The lowest BCUT2D eigenvalue weighted by atomic mass is 10.4. The van der Waals surface area contributed by atoms with Gasteiger partial charge in [0.05, 0.1) is 6.20 Å². The third-order valence-electron chi connectivity index (χ3n) is 1.85. The second-order valence-corrected chi connectivity index (χ2v) is 3.47. The van der Waals surface area contributed by atoms with Crippen LogP contribution in [0.4, 0.5) is 6.01 Å². The van der Waals surface area contributed by atoms with E-state index in [1.807, 2.05) is 0 Å². The lowest BCUT2D eigenvalue weighted by Gasteiger charge is -2.25. The number of nitrogens with zero attached hydrogens (tertiary/aromatic N) is 2. The van der Waals surface area contributed by atoms with E-state index in [0.29, 0.717) is 10.7 Å². The third-order valence-corrected chi connectivity index (χ3v) is 2.22. The van der Waals surface area contributed by atoms with Crippen LogP contribution in [0.2, 0.25) is 0 Å². The molecule has 2 heterocycles. The molecule has 66 valence electrons. The van der Waals surface area contributed by atoms with Crippen molar-refractivity contribution in [3.8, 4) is 0 Å². The summed E-state index contributed by atoms with van der Waals surface area (Å²) in [5.41, 5.74) is 0. The summed E-state index contributed by atoms with van der Waals surface area (Å²) in [7, 11) is 0. The fraction of sp³-hybridized carbons (Fsp3) is 0.571. The number of nitrogens with one attached hydrogen (secondary N) is 1. The van der Waals surface area contributed by atoms with Crippen LogP contribution in [0.25, 0.3) is 0 Å². The maximum Gasteiger partial charge on any atom is 0.298 e. The second kappa shape index (κ2) is 3.45. The first kappa shape index (κ1) is 8.07. The number of aromatic nitrogens is 1. The van der Waals surface area contributed by atoms with Gasteiger partial charge < -0.3 is 14.6 Å². The van der Waals surface area contributed by atoms with Crippen molar-refractivity contribution in [2.45, 2.75) is 0 Å². The molecule has 0 amide bonds. The minimum absolute atomic E-state index is 0.691. The molecule has 0 aromatic carbocycles. The highest BCUT2D eigenvalue weighted by Crippen LogP contribution is 2.18. The highest BCUT2D eigenvalue weighted by Gasteiger charge is 2.14.